The molecule has 0 radical (unpaired) electrons. The quantitative estimate of drug-likeness (QED) is 0.230. The summed E-state index contributed by atoms with van der Waals surface area (Å²) in [5.41, 5.74) is 1.02. The van der Waals surface area contributed by atoms with Gasteiger partial charge in [-0.3, -0.25) is 4.18 Å². The molecular formula is C20H33BrO4SSi. The lowest BCUT2D eigenvalue weighted by molar-refractivity contribution is 0.308. The van der Waals surface area contributed by atoms with E-state index in [-0.39, 0.29) is 16.5 Å². The number of aryl methyl sites for hydroxylation is 1. The van der Waals surface area contributed by atoms with Crippen molar-refractivity contribution in [2.75, 3.05) is 13.2 Å². The van der Waals surface area contributed by atoms with E-state index in [4.69, 9.17) is 8.61 Å². The number of hydrogen-bond donors (Lipinski definition) is 0. The van der Waals surface area contributed by atoms with E-state index in [1.165, 1.54) is 0 Å². The molecule has 0 amide bonds. The first-order valence-corrected chi connectivity index (χ1v) is 14.4. The first-order chi connectivity index (χ1) is 12.3. The summed E-state index contributed by atoms with van der Waals surface area (Å²) in [6.07, 6.45) is 4.50. The van der Waals surface area contributed by atoms with Gasteiger partial charge in [0.05, 0.1) is 18.1 Å². The van der Waals surface area contributed by atoms with E-state index in [1.807, 2.05) is 6.92 Å². The second-order valence-corrected chi connectivity index (χ2v) is 15.7. The second kappa shape index (κ2) is 10.3. The molecule has 0 spiro atoms. The topological polar surface area (TPSA) is 52.6 Å². The van der Waals surface area contributed by atoms with Crippen LogP contribution in [0.3, 0.4) is 0 Å². The van der Waals surface area contributed by atoms with Crippen LogP contribution in [0.5, 0.6) is 0 Å². The van der Waals surface area contributed by atoms with Gasteiger partial charge in [-0.1, -0.05) is 60.5 Å². The molecule has 0 aromatic heterocycles. The maximum atomic E-state index is 12.1. The number of rotatable bonds is 10. The third-order valence-corrected chi connectivity index (χ3v) is 11.2. The van der Waals surface area contributed by atoms with Crippen LogP contribution in [0.2, 0.25) is 18.1 Å². The lowest BCUT2D eigenvalue weighted by Crippen LogP contribution is -2.41. The van der Waals surface area contributed by atoms with E-state index in [9.17, 15) is 8.42 Å². The highest BCUT2D eigenvalue weighted by atomic mass is 79.9. The van der Waals surface area contributed by atoms with E-state index >= 15 is 0 Å². The van der Waals surface area contributed by atoms with Crippen molar-refractivity contribution in [2.45, 2.75) is 70.0 Å². The van der Waals surface area contributed by atoms with Crippen molar-refractivity contribution < 1.29 is 17.0 Å². The first-order valence-electron chi connectivity index (χ1n) is 9.30. The summed E-state index contributed by atoms with van der Waals surface area (Å²) >= 11 is 3.57. The predicted molar refractivity (Wildman–Crippen MR) is 118 cm³/mol. The van der Waals surface area contributed by atoms with Crippen LogP contribution in [0, 0.1) is 6.92 Å². The summed E-state index contributed by atoms with van der Waals surface area (Å²) < 4.78 is 36.5. The molecule has 0 unspecified atom stereocenters. The third-order valence-electron chi connectivity index (χ3n) is 4.89. The normalized spacial score (nSPS) is 13.8. The number of allylic oxidation sites excluding steroid dienone is 1. The summed E-state index contributed by atoms with van der Waals surface area (Å²) in [4.78, 5) is 0.207. The fourth-order valence-corrected chi connectivity index (χ4v) is 4.42. The number of unbranched alkanes of at least 4 members (excludes halogenated alkanes) is 2. The van der Waals surface area contributed by atoms with Crippen molar-refractivity contribution in [2.24, 2.45) is 0 Å². The molecule has 1 aromatic rings. The van der Waals surface area contributed by atoms with Gasteiger partial charge in [-0.15, -0.1) is 0 Å². The molecule has 0 aliphatic carbocycles. The van der Waals surface area contributed by atoms with Gasteiger partial charge in [-0.25, -0.2) is 0 Å². The molecule has 0 heterocycles. The van der Waals surface area contributed by atoms with Crippen molar-refractivity contribution in [3.63, 3.8) is 0 Å². The van der Waals surface area contributed by atoms with E-state index in [0.717, 1.165) is 22.9 Å². The van der Waals surface area contributed by atoms with Crippen LogP contribution < -0.4 is 0 Å². The summed E-state index contributed by atoms with van der Waals surface area (Å²) in [7, 11) is -5.40. The van der Waals surface area contributed by atoms with Gasteiger partial charge >= 0.3 is 0 Å². The lowest BCUT2D eigenvalue weighted by Gasteiger charge is -2.36. The molecule has 1 aromatic carbocycles. The smallest absolute Gasteiger partial charge is 0.296 e. The molecule has 0 saturated carbocycles. The molecule has 154 valence electrons. The Hall–Kier alpha value is -0.473. The van der Waals surface area contributed by atoms with Crippen molar-refractivity contribution in [1.29, 1.82) is 0 Å². The Labute approximate surface area is 174 Å². The van der Waals surface area contributed by atoms with Gasteiger partial charge in [-0.2, -0.15) is 8.42 Å². The fourth-order valence-electron chi connectivity index (χ4n) is 1.97. The van der Waals surface area contributed by atoms with E-state index in [1.54, 1.807) is 24.3 Å². The Morgan fingerprint density at radius 2 is 1.74 bits per heavy atom. The van der Waals surface area contributed by atoms with E-state index in [2.05, 4.69) is 55.9 Å². The molecule has 0 fully saturated rings. The Kier molecular flexibility index (Phi) is 9.41. The average molecular weight is 478 g/mol. The number of hydrogen-bond acceptors (Lipinski definition) is 4. The molecule has 0 aliphatic heterocycles. The second-order valence-electron chi connectivity index (χ2n) is 8.28. The Bertz CT molecular complexity index is 719. The Balaban J connectivity index is 2.31. The van der Waals surface area contributed by atoms with Crippen molar-refractivity contribution in [3.05, 3.63) is 40.4 Å². The van der Waals surface area contributed by atoms with E-state index < -0.39 is 18.4 Å². The van der Waals surface area contributed by atoms with Crippen molar-refractivity contribution in [3.8, 4) is 0 Å². The largest absolute Gasteiger partial charge is 0.412 e. The fraction of sp³-hybridized carbons (Fsp3) is 0.600. The van der Waals surface area contributed by atoms with Gasteiger partial charge in [0.2, 0.25) is 0 Å². The van der Waals surface area contributed by atoms with Crippen LogP contribution in [0.4, 0.5) is 0 Å². The van der Waals surface area contributed by atoms with Gasteiger partial charge in [-0.05, 0) is 56.5 Å². The highest BCUT2D eigenvalue weighted by Gasteiger charge is 2.37. The van der Waals surface area contributed by atoms with E-state index in [0.29, 0.717) is 13.0 Å². The van der Waals surface area contributed by atoms with Crippen LogP contribution >= 0.6 is 15.9 Å². The highest BCUT2D eigenvalue weighted by molar-refractivity contribution is 9.11. The van der Waals surface area contributed by atoms with Gasteiger partial charge in [0, 0.05) is 4.48 Å². The molecule has 0 N–H and O–H groups in total. The summed E-state index contributed by atoms with van der Waals surface area (Å²) in [5, 5.41) is 0.195. The zero-order valence-electron chi connectivity index (χ0n) is 17.3. The lowest BCUT2D eigenvalue weighted by atomic mass is 10.2. The molecule has 0 saturated heterocycles. The molecular weight excluding hydrogens is 444 g/mol. The molecule has 7 heteroatoms. The van der Waals surface area contributed by atoms with Crippen LogP contribution in [0.1, 0.15) is 45.6 Å². The Morgan fingerprint density at radius 3 is 2.30 bits per heavy atom. The van der Waals surface area contributed by atoms with Gasteiger partial charge in [0.25, 0.3) is 10.1 Å². The monoisotopic (exact) mass is 476 g/mol. The zero-order chi connectivity index (χ0) is 20.7. The average Bonchev–Trinajstić information content (AvgIpc) is 2.55. The maximum Gasteiger partial charge on any atom is 0.296 e. The van der Waals surface area contributed by atoms with Crippen LogP contribution in [0.25, 0.3) is 0 Å². The minimum absolute atomic E-state index is 0.195. The minimum atomic E-state index is -3.66. The summed E-state index contributed by atoms with van der Waals surface area (Å²) in [6.45, 7) is 13.8. The highest BCUT2D eigenvalue weighted by Crippen LogP contribution is 2.37. The van der Waals surface area contributed by atoms with Crippen LogP contribution in [-0.4, -0.2) is 29.9 Å². The van der Waals surface area contributed by atoms with Crippen molar-refractivity contribution >= 4 is 34.4 Å². The summed E-state index contributed by atoms with van der Waals surface area (Å²) in [5.74, 6) is 0. The standard InChI is InChI=1S/C20H33BrO4SSi/c1-17-11-13-19(14-12-17)26(22,23)24-15-9-7-8-10-18(21)16-25-27(5,6)20(2,3)4/h10-14H,7-9,15-16H2,1-6H3/b18-10+. The SMILES string of the molecule is Cc1ccc(S(=O)(=O)OCCCC/C=C(/Br)CO[Si](C)(C)C(C)(C)C)cc1. The molecule has 4 nitrogen and oxygen atoms in total. The van der Waals surface area contributed by atoms with Crippen LogP contribution in [0.15, 0.2) is 39.7 Å². The van der Waals surface area contributed by atoms with Crippen molar-refractivity contribution in [1.82, 2.24) is 0 Å². The zero-order valence-corrected chi connectivity index (χ0v) is 20.7. The van der Waals surface area contributed by atoms with Gasteiger partial charge in [0.1, 0.15) is 0 Å². The molecule has 27 heavy (non-hydrogen) atoms. The first kappa shape index (κ1) is 24.6. The van der Waals surface area contributed by atoms with Gasteiger partial charge < -0.3 is 4.43 Å². The minimum Gasteiger partial charge on any atom is -0.412 e. The number of benzene rings is 1. The Morgan fingerprint density at radius 1 is 1.15 bits per heavy atom. The summed E-state index contributed by atoms with van der Waals surface area (Å²) in [6, 6.07) is 6.69. The van der Waals surface area contributed by atoms with Gasteiger partial charge in [0.15, 0.2) is 8.32 Å². The molecule has 0 atom stereocenters. The molecule has 0 aliphatic rings. The third kappa shape index (κ3) is 8.60. The maximum absolute atomic E-state index is 12.1. The number of halogens is 1. The van der Waals surface area contributed by atoms with Crippen LogP contribution in [-0.2, 0) is 18.7 Å². The molecule has 1 rings (SSSR count). The predicted octanol–water partition coefficient (Wildman–Crippen LogP) is 6.17. The molecule has 0 bridgehead atoms.